The largest absolute Gasteiger partial charge is 0.444 e. The van der Waals surface area contributed by atoms with Crippen molar-refractivity contribution in [1.29, 1.82) is 0 Å². The Morgan fingerprint density at radius 1 is 1.24 bits per heavy atom. The van der Waals surface area contributed by atoms with Crippen LogP contribution < -0.4 is 5.32 Å². The second-order valence-electron chi connectivity index (χ2n) is 8.06. The third-order valence-electron chi connectivity index (χ3n) is 3.67. The second-order valence-corrected chi connectivity index (χ2v) is 8.06. The predicted molar refractivity (Wildman–Crippen MR) is 84.4 cm³/mol. The van der Waals surface area contributed by atoms with Crippen LogP contribution in [0, 0.1) is 0 Å². The average Bonchev–Trinajstić information content (AvgIpc) is 2.21. The number of carbonyl (C=O) groups is 1. The molecule has 2 N–H and O–H groups in total. The molecule has 124 valence electrons. The van der Waals surface area contributed by atoms with Gasteiger partial charge >= 0.3 is 6.09 Å². The summed E-state index contributed by atoms with van der Waals surface area (Å²) in [7, 11) is 0. The number of nitrogens with zero attached hydrogens (tertiary/aromatic N) is 1. The summed E-state index contributed by atoms with van der Waals surface area (Å²) in [4.78, 5) is 14.0. The van der Waals surface area contributed by atoms with E-state index in [4.69, 9.17) is 4.74 Å². The lowest BCUT2D eigenvalue weighted by Crippen LogP contribution is -2.52. The van der Waals surface area contributed by atoms with E-state index in [0.29, 0.717) is 19.6 Å². The Labute approximate surface area is 129 Å². The van der Waals surface area contributed by atoms with Gasteiger partial charge in [0.2, 0.25) is 0 Å². The first-order valence-electron chi connectivity index (χ1n) is 7.87. The van der Waals surface area contributed by atoms with Crippen molar-refractivity contribution in [2.75, 3.05) is 19.6 Å². The monoisotopic (exact) mass is 300 g/mol. The maximum Gasteiger partial charge on any atom is 0.410 e. The SMILES string of the molecule is CC(C)(C)OC(=O)N(CCNCC1(O)CCC1)C(C)(C)C. The van der Waals surface area contributed by atoms with Gasteiger partial charge in [-0.25, -0.2) is 4.79 Å². The zero-order valence-corrected chi connectivity index (χ0v) is 14.5. The number of rotatable bonds is 5. The van der Waals surface area contributed by atoms with Crippen LogP contribution in [0.1, 0.15) is 60.8 Å². The topological polar surface area (TPSA) is 61.8 Å². The summed E-state index contributed by atoms with van der Waals surface area (Å²) >= 11 is 0. The van der Waals surface area contributed by atoms with E-state index in [1.165, 1.54) is 0 Å². The van der Waals surface area contributed by atoms with Gasteiger partial charge in [-0.2, -0.15) is 0 Å². The Morgan fingerprint density at radius 2 is 1.81 bits per heavy atom. The third-order valence-corrected chi connectivity index (χ3v) is 3.67. The van der Waals surface area contributed by atoms with Crippen LogP contribution in [-0.2, 0) is 4.74 Å². The molecule has 1 fully saturated rings. The van der Waals surface area contributed by atoms with Gasteiger partial charge in [0.25, 0.3) is 0 Å². The van der Waals surface area contributed by atoms with Crippen LogP contribution in [0.2, 0.25) is 0 Å². The van der Waals surface area contributed by atoms with E-state index >= 15 is 0 Å². The molecule has 5 nitrogen and oxygen atoms in total. The first kappa shape index (κ1) is 18.2. The van der Waals surface area contributed by atoms with Gasteiger partial charge in [0.05, 0.1) is 5.60 Å². The molecule has 1 rings (SSSR count). The maximum absolute atomic E-state index is 12.3. The second kappa shape index (κ2) is 6.53. The Morgan fingerprint density at radius 3 is 2.19 bits per heavy atom. The summed E-state index contributed by atoms with van der Waals surface area (Å²) in [5.41, 5.74) is -1.31. The lowest BCUT2D eigenvalue weighted by molar-refractivity contribution is -0.0320. The third kappa shape index (κ3) is 6.22. The maximum atomic E-state index is 12.3. The number of amides is 1. The minimum absolute atomic E-state index is 0.292. The van der Waals surface area contributed by atoms with E-state index in [2.05, 4.69) is 5.32 Å². The Balaban J connectivity index is 2.45. The van der Waals surface area contributed by atoms with E-state index < -0.39 is 11.2 Å². The zero-order chi connectivity index (χ0) is 16.3. The number of aliphatic hydroxyl groups is 1. The van der Waals surface area contributed by atoms with E-state index in [1.54, 1.807) is 4.90 Å². The minimum atomic E-state index is -0.529. The summed E-state index contributed by atoms with van der Waals surface area (Å²) in [5, 5.41) is 13.3. The molecule has 5 heteroatoms. The standard InChI is InChI=1S/C16H32N2O3/c1-14(2,3)18(13(19)21-15(4,5)6)11-10-17-12-16(20)8-7-9-16/h17,20H,7-12H2,1-6H3. The molecule has 0 bridgehead atoms. The van der Waals surface area contributed by atoms with Crippen LogP contribution >= 0.6 is 0 Å². The van der Waals surface area contributed by atoms with Crippen molar-refractivity contribution in [2.45, 2.75) is 77.5 Å². The highest BCUT2D eigenvalue weighted by atomic mass is 16.6. The predicted octanol–water partition coefficient (Wildman–Crippen LogP) is 2.53. The molecule has 0 spiro atoms. The van der Waals surface area contributed by atoms with Crippen molar-refractivity contribution in [3.05, 3.63) is 0 Å². The molecule has 1 amide bonds. The Kier molecular flexibility index (Phi) is 5.67. The van der Waals surface area contributed by atoms with E-state index in [0.717, 1.165) is 19.3 Å². The van der Waals surface area contributed by atoms with Gasteiger partial charge in [-0.15, -0.1) is 0 Å². The van der Waals surface area contributed by atoms with Gasteiger partial charge < -0.3 is 20.1 Å². The van der Waals surface area contributed by atoms with Crippen LogP contribution in [0.25, 0.3) is 0 Å². The van der Waals surface area contributed by atoms with Gasteiger partial charge in [-0.3, -0.25) is 0 Å². The molecular formula is C16H32N2O3. The summed E-state index contributed by atoms with van der Waals surface area (Å²) in [6.45, 7) is 13.4. The fraction of sp³-hybridized carbons (Fsp3) is 0.938. The number of carbonyl (C=O) groups excluding carboxylic acids is 1. The fourth-order valence-corrected chi connectivity index (χ4v) is 2.29. The van der Waals surface area contributed by atoms with E-state index in [9.17, 15) is 9.90 Å². The highest BCUT2D eigenvalue weighted by Gasteiger charge is 2.34. The van der Waals surface area contributed by atoms with Crippen LogP contribution in [0.5, 0.6) is 0 Å². The molecular weight excluding hydrogens is 268 g/mol. The van der Waals surface area contributed by atoms with Crippen molar-refractivity contribution >= 4 is 6.09 Å². The Hall–Kier alpha value is -0.810. The fourth-order valence-electron chi connectivity index (χ4n) is 2.29. The minimum Gasteiger partial charge on any atom is -0.444 e. The van der Waals surface area contributed by atoms with Gasteiger partial charge in [0, 0.05) is 25.2 Å². The van der Waals surface area contributed by atoms with Crippen molar-refractivity contribution in [3.63, 3.8) is 0 Å². The molecule has 0 unspecified atom stereocenters. The summed E-state index contributed by atoms with van der Waals surface area (Å²) in [6.07, 6.45) is 2.55. The van der Waals surface area contributed by atoms with Crippen LogP contribution in [0.15, 0.2) is 0 Å². The van der Waals surface area contributed by atoms with Crippen molar-refractivity contribution in [1.82, 2.24) is 10.2 Å². The molecule has 0 aromatic heterocycles. The molecule has 0 heterocycles. The molecule has 0 aromatic rings. The lowest BCUT2D eigenvalue weighted by atomic mass is 9.80. The molecule has 1 saturated carbocycles. The summed E-state index contributed by atoms with van der Waals surface area (Å²) < 4.78 is 5.47. The van der Waals surface area contributed by atoms with E-state index in [1.807, 2.05) is 41.5 Å². The smallest absolute Gasteiger partial charge is 0.410 e. The van der Waals surface area contributed by atoms with Gasteiger partial charge in [0.15, 0.2) is 0 Å². The van der Waals surface area contributed by atoms with Crippen LogP contribution in [0.4, 0.5) is 4.79 Å². The van der Waals surface area contributed by atoms with Crippen molar-refractivity contribution < 1.29 is 14.6 Å². The van der Waals surface area contributed by atoms with Crippen LogP contribution in [-0.4, -0.2) is 52.5 Å². The van der Waals surface area contributed by atoms with Gasteiger partial charge in [0.1, 0.15) is 5.60 Å². The molecule has 1 aliphatic carbocycles. The lowest BCUT2D eigenvalue weighted by Gasteiger charge is -2.38. The molecule has 1 aliphatic rings. The number of ether oxygens (including phenoxy) is 1. The van der Waals surface area contributed by atoms with Gasteiger partial charge in [-0.1, -0.05) is 0 Å². The normalized spacial score (nSPS) is 18.0. The van der Waals surface area contributed by atoms with Gasteiger partial charge in [-0.05, 0) is 60.8 Å². The Bertz CT molecular complexity index is 352. The van der Waals surface area contributed by atoms with Crippen molar-refractivity contribution in [2.24, 2.45) is 0 Å². The highest BCUT2D eigenvalue weighted by Crippen LogP contribution is 2.30. The summed E-state index contributed by atoms with van der Waals surface area (Å²) in [5.74, 6) is 0. The quantitative estimate of drug-likeness (QED) is 0.766. The zero-order valence-electron chi connectivity index (χ0n) is 14.5. The number of nitrogens with one attached hydrogen (secondary N) is 1. The molecule has 0 aromatic carbocycles. The highest BCUT2D eigenvalue weighted by molar-refractivity contribution is 5.69. The molecule has 0 atom stereocenters. The molecule has 21 heavy (non-hydrogen) atoms. The first-order valence-corrected chi connectivity index (χ1v) is 7.87. The number of hydrogen-bond donors (Lipinski definition) is 2. The molecule has 0 radical (unpaired) electrons. The molecule has 0 saturated heterocycles. The molecule has 0 aliphatic heterocycles. The number of hydrogen-bond acceptors (Lipinski definition) is 4. The van der Waals surface area contributed by atoms with Crippen molar-refractivity contribution in [3.8, 4) is 0 Å². The van der Waals surface area contributed by atoms with Crippen LogP contribution in [0.3, 0.4) is 0 Å². The first-order chi connectivity index (χ1) is 9.43. The summed E-state index contributed by atoms with van der Waals surface area (Å²) in [6, 6.07) is 0. The van der Waals surface area contributed by atoms with E-state index in [-0.39, 0.29) is 11.6 Å². The average molecular weight is 300 g/mol.